The molecule has 0 saturated carbocycles. The van der Waals surface area contributed by atoms with Crippen molar-refractivity contribution in [2.45, 2.75) is 32.7 Å². The fourth-order valence-electron chi connectivity index (χ4n) is 3.12. The monoisotopic (exact) mass is 259 g/mol. The fraction of sp³-hybridized carbons (Fsp3) is 0.529. The average molecular weight is 259 g/mol. The minimum Gasteiger partial charge on any atom is -0.394 e. The van der Waals surface area contributed by atoms with Crippen LogP contribution in [0.3, 0.4) is 0 Å². The lowest BCUT2D eigenvalue weighted by atomic mass is 9.83. The Morgan fingerprint density at radius 2 is 2.05 bits per heavy atom. The molecular formula is C17H25NO. The molecule has 0 bridgehead atoms. The number of aliphatic hydroxyl groups excluding tert-OH is 1. The molecule has 1 aliphatic carbocycles. The molecule has 19 heavy (non-hydrogen) atoms. The van der Waals surface area contributed by atoms with Crippen LogP contribution in [0, 0.1) is 11.8 Å². The Bertz CT molecular complexity index is 413. The van der Waals surface area contributed by atoms with Crippen molar-refractivity contribution in [2.75, 3.05) is 13.2 Å². The van der Waals surface area contributed by atoms with Gasteiger partial charge in [0, 0.05) is 0 Å². The molecule has 2 rings (SSSR count). The van der Waals surface area contributed by atoms with Gasteiger partial charge in [0.15, 0.2) is 0 Å². The smallest absolute Gasteiger partial charge is 0.0626 e. The Morgan fingerprint density at radius 1 is 1.32 bits per heavy atom. The van der Waals surface area contributed by atoms with E-state index in [-0.39, 0.29) is 12.6 Å². The van der Waals surface area contributed by atoms with E-state index in [9.17, 15) is 5.11 Å². The van der Waals surface area contributed by atoms with Crippen LogP contribution < -0.4 is 5.32 Å². The summed E-state index contributed by atoms with van der Waals surface area (Å²) in [5.74, 6) is 1.38. The van der Waals surface area contributed by atoms with Crippen molar-refractivity contribution in [3.63, 3.8) is 0 Å². The lowest BCUT2D eigenvalue weighted by Crippen LogP contribution is -2.31. The van der Waals surface area contributed by atoms with Crippen LogP contribution in [-0.4, -0.2) is 18.3 Å². The normalized spacial score (nSPS) is 24.9. The predicted molar refractivity (Wildman–Crippen MR) is 79.9 cm³/mol. The van der Waals surface area contributed by atoms with Gasteiger partial charge in [-0.3, -0.25) is 0 Å². The molecule has 0 heterocycles. The van der Waals surface area contributed by atoms with Gasteiger partial charge in [-0.15, -0.1) is 0 Å². The summed E-state index contributed by atoms with van der Waals surface area (Å²) in [5, 5.41) is 13.1. The molecule has 2 unspecified atom stereocenters. The molecule has 0 radical (unpaired) electrons. The number of allylic oxidation sites excluding steroid dienone is 2. The van der Waals surface area contributed by atoms with Crippen molar-refractivity contribution in [1.82, 2.24) is 5.32 Å². The number of hydrogen-bond acceptors (Lipinski definition) is 2. The molecule has 0 amide bonds. The lowest BCUT2D eigenvalue weighted by molar-refractivity contribution is 0.234. The molecule has 1 aromatic rings. The molecule has 2 nitrogen and oxygen atoms in total. The molecule has 0 aromatic heterocycles. The predicted octanol–water partition coefficient (Wildman–Crippen LogP) is 3.30. The van der Waals surface area contributed by atoms with Gasteiger partial charge in [0.25, 0.3) is 0 Å². The van der Waals surface area contributed by atoms with E-state index in [0.29, 0.717) is 11.8 Å². The highest BCUT2D eigenvalue weighted by Crippen LogP contribution is 2.27. The van der Waals surface area contributed by atoms with E-state index in [1.807, 2.05) is 18.2 Å². The summed E-state index contributed by atoms with van der Waals surface area (Å²) in [7, 11) is 0. The highest BCUT2D eigenvalue weighted by atomic mass is 16.3. The van der Waals surface area contributed by atoms with E-state index in [1.165, 1.54) is 24.0 Å². The van der Waals surface area contributed by atoms with Crippen molar-refractivity contribution in [1.29, 1.82) is 0 Å². The van der Waals surface area contributed by atoms with Gasteiger partial charge in [-0.05, 0) is 43.7 Å². The molecule has 104 valence electrons. The molecule has 0 spiro atoms. The second kappa shape index (κ2) is 6.88. The summed E-state index contributed by atoms with van der Waals surface area (Å²) < 4.78 is 0. The van der Waals surface area contributed by atoms with E-state index in [4.69, 9.17) is 0 Å². The lowest BCUT2D eigenvalue weighted by Gasteiger charge is -2.27. The summed E-state index contributed by atoms with van der Waals surface area (Å²) in [4.78, 5) is 0. The van der Waals surface area contributed by atoms with E-state index in [2.05, 4.69) is 37.4 Å². The van der Waals surface area contributed by atoms with Crippen LogP contribution in [0.1, 0.15) is 38.3 Å². The Labute approximate surface area is 116 Å². The van der Waals surface area contributed by atoms with Gasteiger partial charge >= 0.3 is 0 Å². The van der Waals surface area contributed by atoms with Crippen LogP contribution >= 0.6 is 0 Å². The van der Waals surface area contributed by atoms with Crippen molar-refractivity contribution >= 4 is 0 Å². The first-order valence-corrected chi connectivity index (χ1v) is 7.25. The van der Waals surface area contributed by atoms with E-state index >= 15 is 0 Å². The summed E-state index contributed by atoms with van der Waals surface area (Å²) >= 11 is 0. The zero-order valence-corrected chi connectivity index (χ0v) is 12.0. The first-order chi connectivity index (χ1) is 9.19. The first kappa shape index (κ1) is 14.3. The van der Waals surface area contributed by atoms with Crippen LogP contribution in [0.25, 0.3) is 0 Å². The van der Waals surface area contributed by atoms with Gasteiger partial charge in [-0.1, -0.05) is 48.9 Å². The topological polar surface area (TPSA) is 32.3 Å². The van der Waals surface area contributed by atoms with Crippen LogP contribution in [0.5, 0.6) is 0 Å². The summed E-state index contributed by atoms with van der Waals surface area (Å²) in [5.41, 5.74) is 2.67. The third-order valence-electron chi connectivity index (χ3n) is 3.92. The van der Waals surface area contributed by atoms with Gasteiger partial charge in [-0.2, -0.15) is 0 Å². The third kappa shape index (κ3) is 4.19. The van der Waals surface area contributed by atoms with Crippen molar-refractivity contribution in [3.05, 3.63) is 47.5 Å². The molecule has 0 saturated heterocycles. The van der Waals surface area contributed by atoms with Gasteiger partial charge in [0.05, 0.1) is 12.6 Å². The van der Waals surface area contributed by atoms with E-state index in [1.54, 1.807) is 0 Å². The Balaban J connectivity index is 1.89. The number of rotatable bonds is 5. The number of nitrogens with one attached hydrogen (secondary N) is 1. The maximum Gasteiger partial charge on any atom is 0.0626 e. The molecule has 2 N–H and O–H groups in total. The van der Waals surface area contributed by atoms with Crippen LogP contribution in [0.15, 0.2) is 42.0 Å². The van der Waals surface area contributed by atoms with Crippen molar-refractivity contribution in [2.24, 2.45) is 11.8 Å². The van der Waals surface area contributed by atoms with Gasteiger partial charge in [-0.25, -0.2) is 0 Å². The largest absolute Gasteiger partial charge is 0.394 e. The first-order valence-electron chi connectivity index (χ1n) is 7.25. The van der Waals surface area contributed by atoms with Crippen molar-refractivity contribution < 1.29 is 5.11 Å². The third-order valence-corrected chi connectivity index (χ3v) is 3.92. The SMILES string of the molecule is CC1=CC(C)CC(CN[C@H](CO)c2ccccc2)C1. The quantitative estimate of drug-likeness (QED) is 0.795. The standard InChI is InChI=1S/C17H25NO/c1-13-8-14(2)10-15(9-13)11-18-17(12-19)16-6-4-3-5-7-16/h3-8,13,15,17-19H,9-12H2,1-2H3/t13?,15?,17-/m1/s1. The Kier molecular flexibility index (Phi) is 5.17. The van der Waals surface area contributed by atoms with Crippen LogP contribution in [-0.2, 0) is 0 Å². The Hall–Kier alpha value is -1.12. The maximum atomic E-state index is 9.54. The highest BCUT2D eigenvalue weighted by molar-refractivity contribution is 5.19. The molecule has 0 fully saturated rings. The number of benzene rings is 1. The van der Waals surface area contributed by atoms with Gasteiger partial charge < -0.3 is 10.4 Å². The molecule has 1 aliphatic rings. The van der Waals surface area contributed by atoms with Gasteiger partial charge in [0.1, 0.15) is 0 Å². The average Bonchev–Trinajstić information content (AvgIpc) is 2.39. The minimum atomic E-state index is 0.0581. The van der Waals surface area contributed by atoms with Crippen molar-refractivity contribution in [3.8, 4) is 0 Å². The second-order valence-electron chi connectivity index (χ2n) is 5.85. The molecule has 3 atom stereocenters. The fourth-order valence-corrected chi connectivity index (χ4v) is 3.12. The molecule has 0 aliphatic heterocycles. The number of aliphatic hydroxyl groups is 1. The highest BCUT2D eigenvalue weighted by Gasteiger charge is 2.19. The van der Waals surface area contributed by atoms with Gasteiger partial charge in [0.2, 0.25) is 0 Å². The van der Waals surface area contributed by atoms with E-state index < -0.39 is 0 Å². The Morgan fingerprint density at radius 3 is 2.68 bits per heavy atom. The number of hydrogen-bond donors (Lipinski definition) is 2. The second-order valence-corrected chi connectivity index (χ2v) is 5.85. The van der Waals surface area contributed by atoms with E-state index in [0.717, 1.165) is 6.54 Å². The molecular weight excluding hydrogens is 234 g/mol. The maximum absolute atomic E-state index is 9.54. The summed E-state index contributed by atoms with van der Waals surface area (Å²) in [6.07, 6.45) is 4.82. The zero-order chi connectivity index (χ0) is 13.7. The summed E-state index contributed by atoms with van der Waals surface area (Å²) in [6.45, 7) is 5.65. The minimum absolute atomic E-state index is 0.0581. The molecule has 2 heteroatoms. The van der Waals surface area contributed by atoms with Crippen LogP contribution in [0.2, 0.25) is 0 Å². The van der Waals surface area contributed by atoms with Crippen LogP contribution in [0.4, 0.5) is 0 Å². The zero-order valence-electron chi connectivity index (χ0n) is 12.0. The summed E-state index contributed by atoms with van der Waals surface area (Å²) in [6, 6.07) is 10.3. The molecule has 1 aromatic carbocycles.